The summed E-state index contributed by atoms with van der Waals surface area (Å²) in [5, 5.41) is 9.86. The van der Waals surface area contributed by atoms with Gasteiger partial charge in [-0.15, -0.1) is 11.3 Å². The second kappa shape index (κ2) is 7.94. The Labute approximate surface area is 136 Å². The summed E-state index contributed by atoms with van der Waals surface area (Å²) in [6.07, 6.45) is 0. The fourth-order valence-corrected chi connectivity index (χ4v) is 2.61. The summed E-state index contributed by atoms with van der Waals surface area (Å²) in [7, 11) is 1.79. The number of guanidine groups is 1. The molecule has 1 heterocycles. The first-order valence-electron chi connectivity index (χ1n) is 7.57. The first kappa shape index (κ1) is 16.5. The van der Waals surface area contributed by atoms with Crippen LogP contribution < -0.4 is 10.6 Å². The van der Waals surface area contributed by atoms with Gasteiger partial charge in [0.15, 0.2) is 5.96 Å². The van der Waals surface area contributed by atoms with Gasteiger partial charge in [-0.2, -0.15) is 0 Å². The summed E-state index contributed by atoms with van der Waals surface area (Å²) in [5.74, 6) is 1.38. The van der Waals surface area contributed by atoms with Gasteiger partial charge in [-0.25, -0.2) is 4.98 Å². The molecule has 0 aliphatic carbocycles. The van der Waals surface area contributed by atoms with Crippen LogP contribution in [-0.2, 0) is 6.54 Å². The van der Waals surface area contributed by atoms with Crippen molar-refractivity contribution in [1.29, 1.82) is 0 Å². The van der Waals surface area contributed by atoms with E-state index in [4.69, 9.17) is 0 Å². The van der Waals surface area contributed by atoms with E-state index in [9.17, 15) is 0 Å². The van der Waals surface area contributed by atoms with Gasteiger partial charge in [0.05, 0.1) is 12.2 Å². The van der Waals surface area contributed by atoms with E-state index in [1.54, 1.807) is 18.4 Å². The molecule has 0 saturated carbocycles. The van der Waals surface area contributed by atoms with E-state index in [-0.39, 0.29) is 0 Å². The van der Waals surface area contributed by atoms with Gasteiger partial charge >= 0.3 is 0 Å². The van der Waals surface area contributed by atoms with Crippen LogP contribution in [-0.4, -0.2) is 24.0 Å². The van der Waals surface area contributed by atoms with Crippen LogP contribution in [0.1, 0.15) is 25.8 Å². The summed E-state index contributed by atoms with van der Waals surface area (Å²) >= 11 is 1.67. The van der Waals surface area contributed by atoms with Crippen LogP contribution in [0.4, 0.5) is 0 Å². The second-order valence-electron chi connectivity index (χ2n) is 5.60. The summed E-state index contributed by atoms with van der Waals surface area (Å²) in [5.41, 5.74) is 2.18. The molecule has 0 amide bonds. The second-order valence-corrected chi connectivity index (χ2v) is 6.54. The molecule has 2 rings (SSSR count). The zero-order chi connectivity index (χ0) is 15.9. The summed E-state index contributed by atoms with van der Waals surface area (Å²) < 4.78 is 0. The molecular formula is C17H24N4S. The standard InChI is InChI=1S/C17H24N4S/c1-12(2)13(3)20-17(18-4)19-10-16-21-15(11-22-16)14-8-6-5-7-9-14/h5-9,11-13H,10H2,1-4H3,(H2,18,19,20). The monoisotopic (exact) mass is 316 g/mol. The third-order valence-electron chi connectivity index (χ3n) is 3.62. The Morgan fingerprint density at radius 1 is 1.23 bits per heavy atom. The average Bonchev–Trinajstić information content (AvgIpc) is 3.00. The molecule has 0 saturated heterocycles. The van der Waals surface area contributed by atoms with Gasteiger partial charge in [-0.05, 0) is 12.8 Å². The quantitative estimate of drug-likeness (QED) is 0.655. The Bertz CT molecular complexity index is 604. The third kappa shape index (κ3) is 4.56. The lowest BCUT2D eigenvalue weighted by atomic mass is 10.1. The van der Waals surface area contributed by atoms with Crippen LogP contribution in [0, 0.1) is 5.92 Å². The fraction of sp³-hybridized carbons (Fsp3) is 0.412. The lowest BCUT2D eigenvalue weighted by molar-refractivity contribution is 0.481. The van der Waals surface area contributed by atoms with Crippen LogP contribution in [0.2, 0.25) is 0 Å². The SMILES string of the molecule is CN=C(NCc1nc(-c2ccccc2)cs1)NC(C)C(C)C. The van der Waals surface area contributed by atoms with E-state index in [1.807, 2.05) is 18.2 Å². The Morgan fingerprint density at radius 2 is 1.95 bits per heavy atom. The highest BCUT2D eigenvalue weighted by Crippen LogP contribution is 2.21. The maximum Gasteiger partial charge on any atom is 0.191 e. The maximum atomic E-state index is 4.67. The molecule has 2 aromatic rings. The van der Waals surface area contributed by atoms with Crippen molar-refractivity contribution in [3.8, 4) is 11.3 Å². The molecule has 5 heteroatoms. The zero-order valence-electron chi connectivity index (χ0n) is 13.6. The predicted molar refractivity (Wildman–Crippen MR) is 95.2 cm³/mol. The summed E-state index contributed by atoms with van der Waals surface area (Å²) in [4.78, 5) is 8.94. The van der Waals surface area contributed by atoms with Gasteiger partial charge < -0.3 is 10.6 Å². The highest BCUT2D eigenvalue weighted by Gasteiger charge is 2.10. The molecule has 0 bridgehead atoms. The lowest BCUT2D eigenvalue weighted by Gasteiger charge is -2.20. The number of aromatic nitrogens is 1. The van der Waals surface area contributed by atoms with Crippen LogP contribution in [0.25, 0.3) is 11.3 Å². The van der Waals surface area contributed by atoms with Gasteiger partial charge in [0.2, 0.25) is 0 Å². The summed E-state index contributed by atoms with van der Waals surface area (Å²) in [6, 6.07) is 10.6. The van der Waals surface area contributed by atoms with Crippen molar-refractivity contribution in [3.63, 3.8) is 0 Å². The van der Waals surface area contributed by atoms with E-state index < -0.39 is 0 Å². The number of benzene rings is 1. The minimum atomic E-state index is 0.377. The molecule has 1 aromatic carbocycles. The molecule has 0 radical (unpaired) electrons. The largest absolute Gasteiger partial charge is 0.354 e. The molecule has 0 spiro atoms. The normalized spacial score (nSPS) is 13.2. The van der Waals surface area contributed by atoms with Gasteiger partial charge in [0.1, 0.15) is 5.01 Å². The van der Waals surface area contributed by atoms with Gasteiger partial charge in [-0.1, -0.05) is 44.2 Å². The maximum absolute atomic E-state index is 4.67. The number of aliphatic imine (C=N–C) groups is 1. The van der Waals surface area contributed by atoms with E-state index in [0.717, 1.165) is 22.2 Å². The Balaban J connectivity index is 1.93. The highest BCUT2D eigenvalue weighted by atomic mass is 32.1. The molecular weight excluding hydrogens is 292 g/mol. The van der Waals surface area contributed by atoms with Crippen LogP contribution >= 0.6 is 11.3 Å². The molecule has 1 unspecified atom stereocenters. The first-order chi connectivity index (χ1) is 10.6. The number of rotatable bonds is 5. The number of hydrogen-bond donors (Lipinski definition) is 2. The Hall–Kier alpha value is -1.88. The molecule has 0 aliphatic rings. The van der Waals surface area contributed by atoms with E-state index >= 15 is 0 Å². The van der Waals surface area contributed by atoms with Gasteiger partial charge in [0.25, 0.3) is 0 Å². The molecule has 4 nitrogen and oxygen atoms in total. The molecule has 22 heavy (non-hydrogen) atoms. The van der Waals surface area contributed by atoms with Crippen molar-refractivity contribution in [1.82, 2.24) is 15.6 Å². The number of nitrogens with zero attached hydrogens (tertiary/aromatic N) is 2. The number of hydrogen-bond acceptors (Lipinski definition) is 3. The van der Waals surface area contributed by atoms with Crippen molar-refractivity contribution in [2.24, 2.45) is 10.9 Å². The lowest BCUT2D eigenvalue weighted by Crippen LogP contribution is -2.43. The highest BCUT2D eigenvalue weighted by molar-refractivity contribution is 7.09. The number of thiazole rings is 1. The Kier molecular flexibility index (Phi) is 5.95. The number of nitrogens with one attached hydrogen (secondary N) is 2. The molecule has 0 aliphatic heterocycles. The average molecular weight is 316 g/mol. The van der Waals surface area contributed by atoms with Gasteiger partial charge in [0, 0.05) is 24.0 Å². The minimum Gasteiger partial charge on any atom is -0.354 e. The van der Waals surface area contributed by atoms with Crippen molar-refractivity contribution in [2.45, 2.75) is 33.4 Å². The van der Waals surface area contributed by atoms with E-state index in [1.165, 1.54) is 0 Å². The molecule has 1 aromatic heterocycles. The first-order valence-corrected chi connectivity index (χ1v) is 8.45. The van der Waals surface area contributed by atoms with Crippen molar-refractivity contribution in [2.75, 3.05) is 7.05 Å². The molecule has 1 atom stereocenters. The Morgan fingerprint density at radius 3 is 2.59 bits per heavy atom. The molecule has 118 valence electrons. The van der Waals surface area contributed by atoms with E-state index in [2.05, 4.69) is 58.9 Å². The van der Waals surface area contributed by atoms with Crippen molar-refractivity contribution >= 4 is 17.3 Å². The zero-order valence-corrected chi connectivity index (χ0v) is 14.4. The van der Waals surface area contributed by atoms with Crippen LogP contribution in [0.15, 0.2) is 40.7 Å². The van der Waals surface area contributed by atoms with Gasteiger partial charge in [-0.3, -0.25) is 4.99 Å². The van der Waals surface area contributed by atoms with Crippen LogP contribution in [0.5, 0.6) is 0 Å². The van der Waals surface area contributed by atoms with E-state index in [0.29, 0.717) is 18.5 Å². The topological polar surface area (TPSA) is 49.3 Å². The summed E-state index contributed by atoms with van der Waals surface area (Å²) in [6.45, 7) is 7.23. The minimum absolute atomic E-state index is 0.377. The van der Waals surface area contributed by atoms with Crippen molar-refractivity contribution < 1.29 is 0 Å². The predicted octanol–water partition coefficient (Wildman–Crippen LogP) is 3.52. The van der Waals surface area contributed by atoms with Crippen LogP contribution in [0.3, 0.4) is 0 Å². The van der Waals surface area contributed by atoms with Crippen molar-refractivity contribution in [3.05, 3.63) is 40.7 Å². The molecule has 2 N–H and O–H groups in total. The molecule has 0 fully saturated rings. The third-order valence-corrected chi connectivity index (χ3v) is 4.47. The fourth-order valence-electron chi connectivity index (χ4n) is 1.87. The smallest absolute Gasteiger partial charge is 0.191 e.